The van der Waals surface area contributed by atoms with E-state index in [4.69, 9.17) is 9.47 Å². The third-order valence-electron chi connectivity index (χ3n) is 5.46. The van der Waals surface area contributed by atoms with Crippen molar-refractivity contribution in [2.45, 2.75) is 38.1 Å². The zero-order chi connectivity index (χ0) is 20.5. The molecule has 2 aliphatic rings. The lowest BCUT2D eigenvalue weighted by molar-refractivity contribution is -0.145. The zero-order valence-corrected chi connectivity index (χ0v) is 15.4. The quantitative estimate of drug-likeness (QED) is 0.558. The Bertz CT molecular complexity index is 730. The van der Waals surface area contributed by atoms with Crippen molar-refractivity contribution in [2.24, 2.45) is 17.8 Å². The highest BCUT2D eigenvalue weighted by molar-refractivity contribution is 6.08. The van der Waals surface area contributed by atoms with Gasteiger partial charge in [-0.15, -0.1) is 0 Å². The fourth-order valence-electron chi connectivity index (χ4n) is 4.00. The lowest BCUT2D eigenvalue weighted by atomic mass is 9.74. The Morgan fingerprint density at radius 1 is 1.18 bits per heavy atom. The topological polar surface area (TPSA) is 85.7 Å². The van der Waals surface area contributed by atoms with Crippen molar-refractivity contribution in [1.29, 1.82) is 0 Å². The Balaban J connectivity index is 1.90. The van der Waals surface area contributed by atoms with Crippen molar-refractivity contribution in [2.75, 3.05) is 20.3 Å². The molecule has 0 aliphatic heterocycles. The largest absolute Gasteiger partial charge is 0.433 e. The van der Waals surface area contributed by atoms with Crippen molar-refractivity contribution in [3.05, 3.63) is 29.1 Å². The summed E-state index contributed by atoms with van der Waals surface area (Å²) in [5.41, 5.74) is -1.26. The summed E-state index contributed by atoms with van der Waals surface area (Å²) in [5, 5.41) is 10.8. The van der Waals surface area contributed by atoms with Gasteiger partial charge in [-0.1, -0.05) is 6.07 Å². The molecule has 0 amide bonds. The van der Waals surface area contributed by atoms with Gasteiger partial charge in [-0.3, -0.25) is 9.59 Å². The lowest BCUT2D eigenvalue weighted by Crippen LogP contribution is -2.40. The molecule has 0 saturated heterocycles. The van der Waals surface area contributed by atoms with Gasteiger partial charge in [0.2, 0.25) is 0 Å². The second-order valence-electron chi connectivity index (χ2n) is 7.21. The highest BCUT2D eigenvalue weighted by atomic mass is 19.4. The molecule has 2 saturated carbocycles. The zero-order valence-electron chi connectivity index (χ0n) is 15.4. The first-order valence-corrected chi connectivity index (χ1v) is 9.13. The third kappa shape index (κ3) is 4.11. The van der Waals surface area contributed by atoms with E-state index in [-0.39, 0.29) is 54.5 Å². The second kappa shape index (κ2) is 8.26. The molecule has 1 aromatic heterocycles. The Kier molecular flexibility index (Phi) is 6.16. The summed E-state index contributed by atoms with van der Waals surface area (Å²) >= 11 is 0. The Morgan fingerprint density at radius 2 is 1.82 bits per heavy atom. The number of nitrogens with zero attached hydrogens (tertiary/aromatic N) is 1. The normalized spacial score (nSPS) is 26.0. The summed E-state index contributed by atoms with van der Waals surface area (Å²) in [5.74, 6) is -2.48. The van der Waals surface area contributed by atoms with Crippen molar-refractivity contribution in [1.82, 2.24) is 4.98 Å². The van der Waals surface area contributed by atoms with Gasteiger partial charge in [0.1, 0.15) is 23.2 Å². The van der Waals surface area contributed by atoms with Crippen LogP contribution in [-0.4, -0.2) is 42.0 Å². The van der Waals surface area contributed by atoms with Crippen LogP contribution in [0.3, 0.4) is 0 Å². The lowest BCUT2D eigenvalue weighted by Gasteiger charge is -2.29. The second-order valence-corrected chi connectivity index (χ2v) is 7.21. The Morgan fingerprint density at radius 3 is 2.39 bits per heavy atom. The van der Waals surface area contributed by atoms with E-state index >= 15 is 0 Å². The number of Topliss-reactive ketones (excluding diaryl/α,β-unsaturated/α-hetero) is 2. The number of aliphatic hydroxyl groups excluding tert-OH is 1. The van der Waals surface area contributed by atoms with Crippen LogP contribution in [0, 0.1) is 17.8 Å². The van der Waals surface area contributed by atoms with Gasteiger partial charge < -0.3 is 14.6 Å². The van der Waals surface area contributed by atoms with Crippen LogP contribution in [0.15, 0.2) is 12.1 Å². The maximum absolute atomic E-state index is 13.0. The number of ether oxygens (including phenoxy) is 2. The SMILES string of the molecule is COCCOCc1nc(C(F)(F)F)ccc1C(O)C1C(=O)C2CCC(C2)C1=O. The molecule has 2 aliphatic carbocycles. The maximum Gasteiger partial charge on any atom is 0.433 e. The number of carbonyl (C=O) groups excluding carboxylic acids is 2. The molecule has 3 atom stereocenters. The summed E-state index contributed by atoms with van der Waals surface area (Å²) in [4.78, 5) is 28.8. The van der Waals surface area contributed by atoms with Crippen LogP contribution < -0.4 is 0 Å². The predicted octanol–water partition coefficient (Wildman–Crippen LogP) is 2.48. The number of hydrogen-bond acceptors (Lipinski definition) is 6. The molecule has 0 spiro atoms. The monoisotopic (exact) mass is 401 g/mol. The van der Waals surface area contributed by atoms with Crippen LogP contribution in [0.4, 0.5) is 13.2 Å². The highest BCUT2D eigenvalue weighted by Crippen LogP contribution is 2.44. The van der Waals surface area contributed by atoms with Crippen LogP contribution in [0.2, 0.25) is 0 Å². The molecule has 9 heteroatoms. The molecule has 3 unspecified atom stereocenters. The van der Waals surface area contributed by atoms with E-state index in [1.54, 1.807) is 0 Å². The molecule has 154 valence electrons. The molecule has 2 fully saturated rings. The number of aromatic nitrogens is 1. The number of hydrogen-bond donors (Lipinski definition) is 1. The summed E-state index contributed by atoms with van der Waals surface area (Å²) in [6, 6.07) is 1.82. The average molecular weight is 401 g/mol. The Labute approximate surface area is 160 Å². The van der Waals surface area contributed by atoms with Gasteiger partial charge in [-0.2, -0.15) is 13.2 Å². The van der Waals surface area contributed by atoms with Gasteiger partial charge in [-0.25, -0.2) is 4.98 Å². The average Bonchev–Trinajstić information content (AvgIpc) is 3.10. The van der Waals surface area contributed by atoms with E-state index in [9.17, 15) is 27.9 Å². The third-order valence-corrected chi connectivity index (χ3v) is 5.46. The molecule has 1 aromatic rings. The molecule has 1 N–H and O–H groups in total. The van der Waals surface area contributed by atoms with Crippen molar-refractivity contribution in [3.8, 4) is 0 Å². The Hall–Kier alpha value is -1.84. The predicted molar refractivity (Wildman–Crippen MR) is 90.1 cm³/mol. The van der Waals surface area contributed by atoms with Crippen LogP contribution in [-0.2, 0) is 31.8 Å². The van der Waals surface area contributed by atoms with Crippen LogP contribution in [0.1, 0.15) is 42.3 Å². The van der Waals surface area contributed by atoms with Gasteiger partial charge in [0.15, 0.2) is 0 Å². The fraction of sp³-hybridized carbons (Fsp3) is 0.632. The first-order valence-electron chi connectivity index (χ1n) is 9.13. The number of alkyl halides is 3. The van der Waals surface area contributed by atoms with Gasteiger partial charge in [0, 0.05) is 24.5 Å². The van der Waals surface area contributed by atoms with E-state index in [1.807, 2.05) is 0 Å². The molecule has 3 rings (SSSR count). The van der Waals surface area contributed by atoms with Gasteiger partial charge >= 0.3 is 6.18 Å². The molecule has 2 bridgehead atoms. The smallest absolute Gasteiger partial charge is 0.387 e. The fourth-order valence-corrected chi connectivity index (χ4v) is 4.00. The molecular weight excluding hydrogens is 379 g/mol. The van der Waals surface area contributed by atoms with Crippen molar-refractivity contribution >= 4 is 11.6 Å². The highest BCUT2D eigenvalue weighted by Gasteiger charge is 2.50. The molecule has 1 heterocycles. The number of ketones is 2. The minimum absolute atomic E-state index is 0.0124. The van der Waals surface area contributed by atoms with E-state index < -0.39 is 23.9 Å². The number of methoxy groups -OCH3 is 1. The summed E-state index contributed by atoms with van der Waals surface area (Å²) < 4.78 is 49.2. The number of rotatable bonds is 7. The van der Waals surface area contributed by atoms with E-state index in [2.05, 4.69) is 4.98 Å². The van der Waals surface area contributed by atoms with Gasteiger partial charge in [0.05, 0.1) is 31.6 Å². The van der Waals surface area contributed by atoms with Crippen LogP contribution >= 0.6 is 0 Å². The van der Waals surface area contributed by atoms with Crippen molar-refractivity contribution < 1.29 is 37.3 Å². The number of carbonyl (C=O) groups is 2. The molecule has 0 radical (unpaired) electrons. The minimum atomic E-state index is -4.67. The minimum Gasteiger partial charge on any atom is -0.387 e. The first kappa shape index (κ1) is 20.9. The number of fused-ring (bicyclic) bond motifs is 2. The first-order chi connectivity index (χ1) is 13.2. The summed E-state index contributed by atoms with van der Waals surface area (Å²) in [6.45, 7) is 0.0524. The van der Waals surface area contributed by atoms with Crippen molar-refractivity contribution in [3.63, 3.8) is 0 Å². The van der Waals surface area contributed by atoms with E-state index in [0.717, 1.165) is 12.1 Å². The number of halogens is 3. The maximum atomic E-state index is 13.0. The summed E-state index contributed by atoms with van der Waals surface area (Å²) in [7, 11) is 1.45. The number of pyridine rings is 1. The van der Waals surface area contributed by atoms with E-state index in [1.165, 1.54) is 7.11 Å². The van der Waals surface area contributed by atoms with Gasteiger partial charge in [0.25, 0.3) is 0 Å². The number of aliphatic hydroxyl groups is 1. The molecule has 6 nitrogen and oxygen atoms in total. The summed E-state index contributed by atoms with van der Waals surface area (Å²) in [6.07, 6.45) is -4.49. The molecular formula is C19H22F3NO5. The van der Waals surface area contributed by atoms with Gasteiger partial charge in [-0.05, 0) is 25.3 Å². The van der Waals surface area contributed by atoms with Crippen LogP contribution in [0.5, 0.6) is 0 Å². The standard InChI is InChI=1S/C19H22F3NO5/c1-27-6-7-28-9-13-12(4-5-14(23-13)19(20,21)22)18(26)15-16(24)10-2-3-11(8-10)17(15)25/h4-5,10-11,15,18,26H,2-3,6-9H2,1H3. The van der Waals surface area contributed by atoms with E-state index in [0.29, 0.717) is 19.3 Å². The molecule has 0 aromatic carbocycles. The van der Waals surface area contributed by atoms with Crippen LogP contribution in [0.25, 0.3) is 0 Å². The molecule has 28 heavy (non-hydrogen) atoms.